The van der Waals surface area contributed by atoms with Crippen molar-refractivity contribution >= 4 is 5.69 Å². The molecule has 0 radical (unpaired) electrons. The Morgan fingerprint density at radius 2 is 2.00 bits per heavy atom. The summed E-state index contributed by atoms with van der Waals surface area (Å²) in [4.78, 5) is 12.0. The average Bonchev–Trinajstić information content (AvgIpc) is 2.43. The maximum absolute atomic E-state index is 12.0. The standard InChI is InChI=1S/C17H22N2O2/c1-5-12-8-13(10-19(4)17(12)20)15-9-14(18)6-7-16(15)21-11(2)3/h6-11H,5,18H2,1-4H3. The van der Waals surface area contributed by atoms with Crippen LogP contribution in [-0.2, 0) is 13.5 Å². The molecule has 0 unspecified atom stereocenters. The van der Waals surface area contributed by atoms with E-state index < -0.39 is 0 Å². The van der Waals surface area contributed by atoms with Crippen LogP contribution in [0, 0.1) is 0 Å². The highest BCUT2D eigenvalue weighted by Gasteiger charge is 2.11. The minimum atomic E-state index is 0.0384. The minimum Gasteiger partial charge on any atom is -0.490 e. The molecule has 21 heavy (non-hydrogen) atoms. The lowest BCUT2D eigenvalue weighted by molar-refractivity contribution is 0.243. The van der Waals surface area contributed by atoms with Crippen molar-refractivity contribution in [1.82, 2.24) is 4.57 Å². The highest BCUT2D eigenvalue weighted by Crippen LogP contribution is 2.32. The van der Waals surface area contributed by atoms with Gasteiger partial charge in [0, 0.05) is 35.6 Å². The number of aromatic nitrogens is 1. The van der Waals surface area contributed by atoms with Crippen LogP contribution >= 0.6 is 0 Å². The van der Waals surface area contributed by atoms with E-state index in [1.807, 2.05) is 51.2 Å². The Labute approximate surface area is 125 Å². The molecule has 0 saturated heterocycles. The summed E-state index contributed by atoms with van der Waals surface area (Å²) in [6.45, 7) is 5.95. The SMILES string of the molecule is CCc1cc(-c2cc(N)ccc2OC(C)C)cn(C)c1=O. The number of pyridine rings is 1. The van der Waals surface area contributed by atoms with E-state index in [9.17, 15) is 4.79 Å². The van der Waals surface area contributed by atoms with Gasteiger partial charge in [0.15, 0.2) is 0 Å². The number of rotatable bonds is 4. The fraction of sp³-hybridized carbons (Fsp3) is 0.353. The van der Waals surface area contributed by atoms with Gasteiger partial charge < -0.3 is 15.0 Å². The summed E-state index contributed by atoms with van der Waals surface area (Å²) in [6.07, 6.45) is 2.60. The van der Waals surface area contributed by atoms with Gasteiger partial charge in [-0.25, -0.2) is 0 Å². The zero-order valence-corrected chi connectivity index (χ0v) is 13.0. The number of nitrogen functional groups attached to an aromatic ring is 1. The summed E-state index contributed by atoms with van der Waals surface area (Å²) in [7, 11) is 1.76. The van der Waals surface area contributed by atoms with E-state index in [1.165, 1.54) is 0 Å². The van der Waals surface area contributed by atoms with Crippen LogP contribution in [0.15, 0.2) is 35.3 Å². The van der Waals surface area contributed by atoms with Gasteiger partial charge in [-0.2, -0.15) is 0 Å². The molecular formula is C17H22N2O2. The van der Waals surface area contributed by atoms with Crippen molar-refractivity contribution in [3.63, 3.8) is 0 Å². The molecule has 0 atom stereocenters. The fourth-order valence-electron chi connectivity index (χ4n) is 2.31. The van der Waals surface area contributed by atoms with Crippen LogP contribution in [0.3, 0.4) is 0 Å². The van der Waals surface area contributed by atoms with E-state index in [4.69, 9.17) is 10.5 Å². The van der Waals surface area contributed by atoms with Crippen LogP contribution in [-0.4, -0.2) is 10.7 Å². The van der Waals surface area contributed by atoms with Gasteiger partial charge in [0.2, 0.25) is 0 Å². The summed E-state index contributed by atoms with van der Waals surface area (Å²) in [5, 5.41) is 0. The first-order valence-electron chi connectivity index (χ1n) is 7.18. The molecular weight excluding hydrogens is 264 g/mol. The Bertz CT molecular complexity index is 702. The van der Waals surface area contributed by atoms with E-state index in [0.717, 1.165) is 22.4 Å². The van der Waals surface area contributed by atoms with Gasteiger partial charge in [0.25, 0.3) is 5.56 Å². The second kappa shape index (κ2) is 6.04. The number of nitrogens with zero attached hydrogens (tertiary/aromatic N) is 1. The lowest BCUT2D eigenvalue weighted by atomic mass is 10.0. The van der Waals surface area contributed by atoms with Crippen LogP contribution in [0.25, 0.3) is 11.1 Å². The van der Waals surface area contributed by atoms with Crippen molar-refractivity contribution in [1.29, 1.82) is 0 Å². The number of benzene rings is 1. The molecule has 0 bridgehead atoms. The topological polar surface area (TPSA) is 57.2 Å². The molecule has 1 aromatic carbocycles. The molecule has 0 aliphatic carbocycles. The third-order valence-corrected chi connectivity index (χ3v) is 3.32. The third kappa shape index (κ3) is 3.27. The van der Waals surface area contributed by atoms with Gasteiger partial charge in [-0.05, 0) is 44.5 Å². The normalized spacial score (nSPS) is 10.9. The van der Waals surface area contributed by atoms with E-state index in [1.54, 1.807) is 11.6 Å². The lowest BCUT2D eigenvalue weighted by Crippen LogP contribution is -2.20. The number of nitrogens with two attached hydrogens (primary N) is 1. The van der Waals surface area contributed by atoms with Crippen molar-refractivity contribution in [2.45, 2.75) is 33.3 Å². The lowest BCUT2D eigenvalue weighted by Gasteiger charge is -2.16. The molecule has 2 N–H and O–H groups in total. The molecule has 1 aromatic heterocycles. The molecule has 0 fully saturated rings. The molecule has 0 aliphatic rings. The van der Waals surface area contributed by atoms with Gasteiger partial charge in [0.05, 0.1) is 6.10 Å². The van der Waals surface area contributed by atoms with Gasteiger partial charge >= 0.3 is 0 Å². The summed E-state index contributed by atoms with van der Waals surface area (Å²) < 4.78 is 7.46. The Kier molecular flexibility index (Phi) is 4.36. The second-order valence-electron chi connectivity index (χ2n) is 5.45. The summed E-state index contributed by atoms with van der Waals surface area (Å²) >= 11 is 0. The average molecular weight is 286 g/mol. The predicted octanol–water partition coefficient (Wildman–Crippen LogP) is 2.98. The maximum Gasteiger partial charge on any atom is 0.253 e. The number of hydrogen-bond acceptors (Lipinski definition) is 3. The van der Waals surface area contributed by atoms with Crippen molar-refractivity contribution < 1.29 is 4.74 Å². The fourth-order valence-corrected chi connectivity index (χ4v) is 2.31. The van der Waals surface area contributed by atoms with E-state index in [-0.39, 0.29) is 11.7 Å². The summed E-state index contributed by atoms with van der Waals surface area (Å²) in [5.74, 6) is 0.778. The number of anilines is 1. The number of aryl methyl sites for hydroxylation is 2. The quantitative estimate of drug-likeness (QED) is 0.879. The Morgan fingerprint density at radius 3 is 2.62 bits per heavy atom. The first-order valence-corrected chi connectivity index (χ1v) is 7.18. The molecule has 0 saturated carbocycles. The van der Waals surface area contributed by atoms with Crippen LogP contribution in [0.4, 0.5) is 5.69 Å². The van der Waals surface area contributed by atoms with Crippen LogP contribution in [0.1, 0.15) is 26.3 Å². The van der Waals surface area contributed by atoms with Gasteiger partial charge in [-0.1, -0.05) is 6.92 Å². The second-order valence-corrected chi connectivity index (χ2v) is 5.45. The van der Waals surface area contributed by atoms with Crippen molar-refractivity contribution in [2.75, 3.05) is 5.73 Å². The Hall–Kier alpha value is -2.23. The number of ether oxygens (including phenoxy) is 1. The van der Waals surface area contributed by atoms with Gasteiger partial charge in [0.1, 0.15) is 5.75 Å². The highest BCUT2D eigenvalue weighted by atomic mass is 16.5. The molecule has 2 rings (SSSR count). The molecule has 0 spiro atoms. The van der Waals surface area contributed by atoms with Crippen molar-refractivity contribution in [2.24, 2.45) is 7.05 Å². The van der Waals surface area contributed by atoms with Crippen molar-refractivity contribution in [3.8, 4) is 16.9 Å². The zero-order valence-electron chi connectivity index (χ0n) is 13.0. The molecule has 112 valence electrons. The molecule has 1 heterocycles. The van der Waals surface area contributed by atoms with Crippen LogP contribution < -0.4 is 16.0 Å². The van der Waals surface area contributed by atoms with E-state index in [0.29, 0.717) is 12.1 Å². The van der Waals surface area contributed by atoms with Gasteiger partial charge in [-0.15, -0.1) is 0 Å². The Morgan fingerprint density at radius 1 is 1.29 bits per heavy atom. The largest absolute Gasteiger partial charge is 0.490 e. The van der Waals surface area contributed by atoms with Crippen LogP contribution in [0.2, 0.25) is 0 Å². The summed E-state index contributed by atoms with van der Waals surface area (Å²) in [5.41, 5.74) is 9.26. The smallest absolute Gasteiger partial charge is 0.253 e. The minimum absolute atomic E-state index is 0.0384. The maximum atomic E-state index is 12.0. The Balaban J connectivity index is 2.63. The molecule has 4 nitrogen and oxygen atoms in total. The van der Waals surface area contributed by atoms with E-state index in [2.05, 4.69) is 0 Å². The molecule has 4 heteroatoms. The molecule has 0 aliphatic heterocycles. The molecule has 0 amide bonds. The number of hydrogen-bond donors (Lipinski definition) is 1. The highest BCUT2D eigenvalue weighted by molar-refractivity contribution is 5.73. The van der Waals surface area contributed by atoms with Crippen molar-refractivity contribution in [3.05, 3.63) is 46.4 Å². The first-order chi connectivity index (χ1) is 9.92. The third-order valence-electron chi connectivity index (χ3n) is 3.32. The van der Waals surface area contributed by atoms with E-state index >= 15 is 0 Å². The zero-order chi connectivity index (χ0) is 15.6. The predicted molar refractivity (Wildman–Crippen MR) is 86.7 cm³/mol. The first kappa shape index (κ1) is 15.2. The van der Waals surface area contributed by atoms with Gasteiger partial charge in [-0.3, -0.25) is 4.79 Å². The summed E-state index contributed by atoms with van der Waals surface area (Å²) in [6, 6.07) is 7.51. The monoisotopic (exact) mass is 286 g/mol. The molecule has 2 aromatic rings. The van der Waals surface area contributed by atoms with Crippen LogP contribution in [0.5, 0.6) is 5.75 Å².